The van der Waals surface area contributed by atoms with E-state index >= 15 is 0 Å². The summed E-state index contributed by atoms with van der Waals surface area (Å²) in [6.07, 6.45) is 1.00. The average Bonchev–Trinajstić information content (AvgIpc) is 2.23. The fourth-order valence-electron chi connectivity index (χ4n) is 1.17. The van der Waals surface area contributed by atoms with Gasteiger partial charge in [0.25, 0.3) is 0 Å². The van der Waals surface area contributed by atoms with Crippen molar-refractivity contribution < 1.29 is 13.2 Å². The van der Waals surface area contributed by atoms with Gasteiger partial charge in [0.1, 0.15) is 5.75 Å². The molecule has 0 fully saturated rings. The Morgan fingerprint density at radius 2 is 1.83 bits per heavy atom. The summed E-state index contributed by atoms with van der Waals surface area (Å²) in [5, 5.41) is 0.939. The summed E-state index contributed by atoms with van der Waals surface area (Å²) < 4.78 is 27.5. The number of unbranched alkanes of at least 4 members (excludes halogenated alkanes) is 1. The van der Waals surface area contributed by atoms with E-state index in [9.17, 15) is 8.42 Å². The summed E-state index contributed by atoms with van der Waals surface area (Å²) in [6.45, 7) is 0.351. The van der Waals surface area contributed by atoms with Gasteiger partial charge < -0.3 is 4.74 Å². The standard InChI is InChI=1S/C10H10BrCl3O3S/c11-7-5-9(13)10(6-8(7)12)17-3-1-2-4-18(14,15)16/h5-6H,1-4H2. The van der Waals surface area contributed by atoms with E-state index in [0.717, 1.165) is 0 Å². The van der Waals surface area contributed by atoms with Crippen LogP contribution in [0.1, 0.15) is 12.8 Å². The average molecular weight is 397 g/mol. The van der Waals surface area contributed by atoms with Crippen LogP contribution < -0.4 is 4.74 Å². The molecule has 0 aliphatic rings. The minimum Gasteiger partial charge on any atom is -0.492 e. The van der Waals surface area contributed by atoms with Gasteiger partial charge in [0.15, 0.2) is 0 Å². The molecule has 102 valence electrons. The Morgan fingerprint density at radius 3 is 2.44 bits per heavy atom. The van der Waals surface area contributed by atoms with E-state index in [2.05, 4.69) is 15.9 Å². The Balaban J connectivity index is 2.43. The van der Waals surface area contributed by atoms with Crippen LogP contribution in [0.4, 0.5) is 0 Å². The number of rotatable bonds is 6. The van der Waals surface area contributed by atoms with Gasteiger partial charge in [0.2, 0.25) is 9.05 Å². The number of halogens is 4. The minimum atomic E-state index is -3.43. The van der Waals surface area contributed by atoms with Crippen molar-refractivity contribution in [1.82, 2.24) is 0 Å². The minimum absolute atomic E-state index is 0.0628. The summed E-state index contributed by atoms with van der Waals surface area (Å²) in [4.78, 5) is 0. The van der Waals surface area contributed by atoms with Crippen molar-refractivity contribution in [2.75, 3.05) is 12.4 Å². The fourth-order valence-corrected chi connectivity index (χ4v) is 2.90. The van der Waals surface area contributed by atoms with E-state index in [1.165, 1.54) is 0 Å². The lowest BCUT2D eigenvalue weighted by Crippen LogP contribution is -2.02. The number of ether oxygens (including phenoxy) is 1. The van der Waals surface area contributed by atoms with Crippen LogP contribution in [0, 0.1) is 0 Å². The molecule has 0 aliphatic carbocycles. The molecule has 0 radical (unpaired) electrons. The monoisotopic (exact) mass is 394 g/mol. The Bertz CT molecular complexity index is 519. The molecule has 0 heterocycles. The first-order valence-corrected chi connectivity index (χ1v) is 9.02. The quantitative estimate of drug-likeness (QED) is 0.404. The van der Waals surface area contributed by atoms with Gasteiger partial charge in [-0.1, -0.05) is 23.2 Å². The molecule has 3 nitrogen and oxygen atoms in total. The molecule has 0 unspecified atom stereocenters. The maximum absolute atomic E-state index is 10.7. The van der Waals surface area contributed by atoms with Gasteiger partial charge in [-0.2, -0.15) is 0 Å². The maximum Gasteiger partial charge on any atom is 0.232 e. The predicted molar refractivity (Wildman–Crippen MR) is 78.5 cm³/mol. The number of hydrogen-bond donors (Lipinski definition) is 0. The molecular weight excluding hydrogens is 386 g/mol. The Morgan fingerprint density at radius 1 is 1.17 bits per heavy atom. The van der Waals surface area contributed by atoms with E-state index in [1.807, 2.05) is 0 Å². The zero-order chi connectivity index (χ0) is 13.8. The van der Waals surface area contributed by atoms with Crippen LogP contribution >= 0.6 is 49.8 Å². The molecule has 1 aromatic carbocycles. The normalized spacial score (nSPS) is 11.6. The molecule has 0 atom stereocenters. The van der Waals surface area contributed by atoms with E-state index in [4.69, 9.17) is 38.6 Å². The second-order valence-electron chi connectivity index (χ2n) is 3.50. The molecular formula is C10H10BrCl3O3S. The Labute approximate surface area is 129 Å². The summed E-state index contributed by atoms with van der Waals surface area (Å²) in [6, 6.07) is 3.24. The van der Waals surface area contributed by atoms with Gasteiger partial charge >= 0.3 is 0 Å². The van der Waals surface area contributed by atoms with Crippen molar-refractivity contribution in [2.24, 2.45) is 0 Å². The highest BCUT2D eigenvalue weighted by Gasteiger charge is 2.07. The first kappa shape index (κ1) is 16.4. The van der Waals surface area contributed by atoms with Crippen molar-refractivity contribution in [1.29, 1.82) is 0 Å². The number of benzene rings is 1. The van der Waals surface area contributed by atoms with E-state index in [0.29, 0.717) is 39.7 Å². The van der Waals surface area contributed by atoms with E-state index < -0.39 is 9.05 Å². The Kier molecular flexibility index (Phi) is 6.55. The van der Waals surface area contributed by atoms with Gasteiger partial charge in [-0.15, -0.1) is 0 Å². The van der Waals surface area contributed by atoms with Gasteiger partial charge in [0.05, 0.1) is 22.4 Å². The van der Waals surface area contributed by atoms with Crippen LogP contribution in [0.15, 0.2) is 16.6 Å². The second-order valence-corrected chi connectivity index (χ2v) is 8.06. The highest BCUT2D eigenvalue weighted by Crippen LogP contribution is 2.34. The molecule has 1 rings (SSSR count). The summed E-state index contributed by atoms with van der Waals surface area (Å²) in [5.41, 5.74) is 0. The van der Waals surface area contributed by atoms with Crippen LogP contribution in [0.2, 0.25) is 10.0 Å². The Hall–Kier alpha value is 0.320. The van der Waals surface area contributed by atoms with E-state index in [-0.39, 0.29) is 5.75 Å². The molecule has 0 spiro atoms. The molecule has 0 saturated heterocycles. The fraction of sp³-hybridized carbons (Fsp3) is 0.400. The van der Waals surface area contributed by atoms with Crippen LogP contribution in [-0.2, 0) is 9.05 Å². The molecule has 0 bridgehead atoms. The SMILES string of the molecule is O=S(=O)(Cl)CCCCOc1cc(Cl)c(Br)cc1Cl. The molecule has 0 aliphatic heterocycles. The van der Waals surface area contributed by atoms with Crippen LogP contribution in [0.25, 0.3) is 0 Å². The molecule has 1 aromatic rings. The summed E-state index contributed by atoms with van der Waals surface area (Å²) in [7, 11) is 1.65. The lowest BCUT2D eigenvalue weighted by atomic mass is 10.3. The van der Waals surface area contributed by atoms with Crippen LogP contribution in [0.3, 0.4) is 0 Å². The van der Waals surface area contributed by atoms with Crippen molar-refractivity contribution in [2.45, 2.75) is 12.8 Å². The zero-order valence-electron chi connectivity index (χ0n) is 9.13. The van der Waals surface area contributed by atoms with Gasteiger partial charge in [0, 0.05) is 21.2 Å². The third-order valence-electron chi connectivity index (χ3n) is 2.01. The smallest absolute Gasteiger partial charge is 0.232 e. The molecule has 0 aromatic heterocycles. The zero-order valence-corrected chi connectivity index (χ0v) is 13.8. The maximum atomic E-state index is 10.7. The molecule has 0 N–H and O–H groups in total. The van der Waals surface area contributed by atoms with Crippen LogP contribution in [0.5, 0.6) is 5.75 Å². The first-order valence-electron chi connectivity index (χ1n) is 4.99. The highest BCUT2D eigenvalue weighted by molar-refractivity contribution is 9.10. The third kappa shape index (κ3) is 5.97. The highest BCUT2D eigenvalue weighted by atomic mass is 79.9. The summed E-state index contributed by atoms with van der Waals surface area (Å²) >= 11 is 15.1. The van der Waals surface area contributed by atoms with Crippen molar-refractivity contribution in [3.63, 3.8) is 0 Å². The lowest BCUT2D eigenvalue weighted by molar-refractivity contribution is 0.310. The van der Waals surface area contributed by atoms with Gasteiger partial charge in [-0.05, 0) is 34.8 Å². The lowest BCUT2D eigenvalue weighted by Gasteiger charge is -2.09. The van der Waals surface area contributed by atoms with Crippen molar-refractivity contribution in [3.05, 3.63) is 26.7 Å². The largest absolute Gasteiger partial charge is 0.492 e. The van der Waals surface area contributed by atoms with Gasteiger partial charge in [-0.3, -0.25) is 0 Å². The summed E-state index contributed by atoms with van der Waals surface area (Å²) in [5.74, 6) is 0.408. The van der Waals surface area contributed by atoms with Crippen molar-refractivity contribution >= 4 is 58.9 Å². The van der Waals surface area contributed by atoms with Crippen molar-refractivity contribution in [3.8, 4) is 5.75 Å². The predicted octanol–water partition coefficient (Wildman–Crippen LogP) is 4.48. The third-order valence-corrected chi connectivity index (χ3v) is 4.75. The molecule has 18 heavy (non-hydrogen) atoms. The topological polar surface area (TPSA) is 43.4 Å². The first-order chi connectivity index (χ1) is 8.29. The molecule has 8 heteroatoms. The van der Waals surface area contributed by atoms with Crippen LogP contribution in [-0.4, -0.2) is 20.8 Å². The molecule has 0 saturated carbocycles. The molecule has 0 amide bonds. The van der Waals surface area contributed by atoms with Gasteiger partial charge in [-0.25, -0.2) is 8.42 Å². The number of hydrogen-bond acceptors (Lipinski definition) is 3. The second kappa shape index (κ2) is 7.20. The van der Waals surface area contributed by atoms with E-state index in [1.54, 1.807) is 12.1 Å².